The largest absolute Gasteiger partial charge is 0.334 e. The lowest BCUT2D eigenvalue weighted by atomic mass is 10.2. The highest BCUT2D eigenvalue weighted by Crippen LogP contribution is 2.16. The summed E-state index contributed by atoms with van der Waals surface area (Å²) in [6.07, 6.45) is 1.29. The van der Waals surface area contributed by atoms with Gasteiger partial charge in [0.25, 0.3) is 0 Å². The summed E-state index contributed by atoms with van der Waals surface area (Å²) < 4.78 is 26.0. The predicted octanol–water partition coefficient (Wildman–Crippen LogP) is 1.67. The molecule has 0 atom stereocenters. The molecule has 0 fully saturated rings. The Hall–Kier alpha value is -1.26. The number of imidazole rings is 1. The zero-order valence-corrected chi connectivity index (χ0v) is 7.54. The van der Waals surface area contributed by atoms with E-state index >= 15 is 0 Å². The van der Waals surface area contributed by atoms with Crippen LogP contribution in [0.5, 0.6) is 0 Å². The second-order valence-electron chi connectivity index (χ2n) is 3.36. The minimum absolute atomic E-state index is 0.100. The predicted molar refractivity (Wildman–Crippen MR) is 45.5 cm³/mol. The molecule has 1 aliphatic rings. The van der Waals surface area contributed by atoms with E-state index in [1.165, 1.54) is 6.20 Å². The van der Waals surface area contributed by atoms with Crippen molar-refractivity contribution in [3.63, 3.8) is 0 Å². The molecule has 2 rings (SSSR count). The second kappa shape index (κ2) is 3.48. The number of carbonyl (C=O) groups excluding carboxylic acids is 1. The van der Waals surface area contributed by atoms with Gasteiger partial charge >= 0.3 is 6.43 Å². The normalized spacial score (nSPS) is 15.6. The number of alkyl halides is 2. The molecule has 0 spiro atoms. The molecule has 5 heteroatoms. The quantitative estimate of drug-likeness (QED) is 0.680. The van der Waals surface area contributed by atoms with E-state index in [4.69, 9.17) is 0 Å². The smallest absolute Gasteiger partial charge is 0.302 e. The van der Waals surface area contributed by atoms with Crippen molar-refractivity contribution < 1.29 is 13.6 Å². The lowest BCUT2D eigenvalue weighted by Gasteiger charge is -2.11. The van der Waals surface area contributed by atoms with Crippen LogP contribution in [0, 0.1) is 0 Å². The summed E-state index contributed by atoms with van der Waals surface area (Å²) >= 11 is 0. The van der Waals surface area contributed by atoms with Crippen molar-refractivity contribution in [2.24, 2.45) is 0 Å². The molecular weight excluding hydrogens is 190 g/mol. The molecular formula is C9H10F2N2O. The van der Waals surface area contributed by atoms with Crippen molar-refractivity contribution in [1.82, 2.24) is 9.55 Å². The third kappa shape index (κ3) is 1.54. The van der Waals surface area contributed by atoms with Gasteiger partial charge in [0.2, 0.25) is 5.78 Å². The highest BCUT2D eigenvalue weighted by Gasteiger charge is 2.23. The number of aromatic nitrogens is 2. The number of aryl methyl sites for hydroxylation is 2. The zero-order valence-electron chi connectivity index (χ0n) is 7.54. The van der Waals surface area contributed by atoms with Gasteiger partial charge < -0.3 is 4.57 Å². The number of Topliss-reactive ketones (excluding diaryl/α,β-unsaturated/α-hetero) is 1. The van der Waals surface area contributed by atoms with E-state index in [-0.39, 0.29) is 5.69 Å². The maximum absolute atomic E-state index is 12.1. The van der Waals surface area contributed by atoms with Crippen LogP contribution in [0.15, 0.2) is 6.20 Å². The first-order valence-corrected chi connectivity index (χ1v) is 4.57. The molecule has 76 valence electrons. The van der Waals surface area contributed by atoms with Gasteiger partial charge in [-0.15, -0.1) is 0 Å². The van der Waals surface area contributed by atoms with E-state index in [2.05, 4.69) is 4.98 Å². The fraction of sp³-hybridized carbons (Fsp3) is 0.556. The molecule has 1 aromatic heterocycles. The first kappa shape index (κ1) is 9.30. The number of nitrogens with zero attached hydrogens (tertiary/aromatic N) is 2. The first-order chi connectivity index (χ1) is 6.68. The van der Waals surface area contributed by atoms with Crippen molar-refractivity contribution in [2.75, 3.05) is 0 Å². The molecule has 0 aliphatic carbocycles. The van der Waals surface area contributed by atoms with Gasteiger partial charge in [0.15, 0.2) is 0 Å². The molecule has 1 aromatic rings. The fourth-order valence-corrected chi connectivity index (χ4v) is 1.64. The highest BCUT2D eigenvalue weighted by atomic mass is 19.3. The average Bonchev–Trinajstić information content (AvgIpc) is 2.59. The van der Waals surface area contributed by atoms with Gasteiger partial charge in [-0.25, -0.2) is 13.8 Å². The summed E-state index contributed by atoms with van der Waals surface area (Å²) in [7, 11) is 0. The van der Waals surface area contributed by atoms with E-state index in [0.29, 0.717) is 0 Å². The number of ketones is 1. The Morgan fingerprint density at radius 2 is 2.29 bits per heavy atom. The molecule has 2 heterocycles. The molecule has 0 amide bonds. The molecule has 0 saturated carbocycles. The number of hydrogen-bond donors (Lipinski definition) is 0. The average molecular weight is 200 g/mol. The Bertz CT molecular complexity index is 336. The molecule has 3 nitrogen and oxygen atoms in total. The lowest BCUT2D eigenvalue weighted by Crippen LogP contribution is -2.10. The Morgan fingerprint density at radius 1 is 1.50 bits per heavy atom. The van der Waals surface area contributed by atoms with Crippen LogP contribution in [-0.4, -0.2) is 21.8 Å². The summed E-state index contributed by atoms with van der Waals surface area (Å²) in [6.45, 7) is 0.777. The van der Waals surface area contributed by atoms with Gasteiger partial charge in [0.05, 0.1) is 0 Å². The maximum atomic E-state index is 12.1. The highest BCUT2D eigenvalue weighted by molar-refractivity contribution is 5.96. The van der Waals surface area contributed by atoms with Gasteiger partial charge in [-0.05, 0) is 12.8 Å². The van der Waals surface area contributed by atoms with Crippen LogP contribution in [0.2, 0.25) is 0 Å². The number of fused-ring (bicyclic) bond motifs is 1. The molecule has 0 N–H and O–H groups in total. The van der Waals surface area contributed by atoms with Crippen LogP contribution >= 0.6 is 0 Å². The van der Waals surface area contributed by atoms with Crippen LogP contribution in [0.25, 0.3) is 0 Å². The van der Waals surface area contributed by atoms with Crippen molar-refractivity contribution >= 4 is 5.78 Å². The van der Waals surface area contributed by atoms with Gasteiger partial charge in [0, 0.05) is 19.2 Å². The molecule has 1 aliphatic heterocycles. The van der Waals surface area contributed by atoms with Crippen molar-refractivity contribution in [3.8, 4) is 0 Å². The van der Waals surface area contributed by atoms with E-state index < -0.39 is 12.2 Å². The van der Waals surface area contributed by atoms with Crippen molar-refractivity contribution in [1.29, 1.82) is 0 Å². The molecule has 0 saturated heterocycles. The topological polar surface area (TPSA) is 34.9 Å². The molecule has 0 unspecified atom stereocenters. The van der Waals surface area contributed by atoms with E-state index in [1.54, 1.807) is 4.57 Å². The lowest BCUT2D eigenvalue weighted by molar-refractivity contribution is 0.0673. The number of halogens is 2. The molecule has 0 bridgehead atoms. The van der Waals surface area contributed by atoms with Crippen LogP contribution in [0.1, 0.15) is 29.2 Å². The van der Waals surface area contributed by atoms with Crippen LogP contribution < -0.4 is 0 Å². The van der Waals surface area contributed by atoms with Gasteiger partial charge in [-0.2, -0.15) is 0 Å². The zero-order chi connectivity index (χ0) is 10.1. The fourth-order valence-electron chi connectivity index (χ4n) is 1.64. The Labute approximate surface area is 79.7 Å². The van der Waals surface area contributed by atoms with E-state index in [1.807, 2.05) is 0 Å². The Morgan fingerprint density at radius 3 is 2.93 bits per heavy atom. The summed E-state index contributed by atoms with van der Waals surface area (Å²) in [5.41, 5.74) is -0.100. The minimum Gasteiger partial charge on any atom is -0.334 e. The first-order valence-electron chi connectivity index (χ1n) is 4.57. The van der Waals surface area contributed by atoms with Crippen molar-refractivity contribution in [3.05, 3.63) is 17.7 Å². The minimum atomic E-state index is -2.95. The van der Waals surface area contributed by atoms with Crippen LogP contribution in [-0.2, 0) is 13.0 Å². The molecule has 14 heavy (non-hydrogen) atoms. The number of hydrogen-bond acceptors (Lipinski definition) is 2. The maximum Gasteiger partial charge on any atom is 0.302 e. The summed E-state index contributed by atoms with van der Waals surface area (Å²) in [5, 5.41) is 0. The van der Waals surface area contributed by atoms with Crippen molar-refractivity contribution in [2.45, 2.75) is 32.2 Å². The summed E-state index contributed by atoms with van der Waals surface area (Å²) in [5.74, 6) is -0.424. The van der Waals surface area contributed by atoms with E-state index in [0.717, 1.165) is 31.6 Å². The van der Waals surface area contributed by atoms with Gasteiger partial charge in [0.1, 0.15) is 11.5 Å². The van der Waals surface area contributed by atoms with Crippen LogP contribution in [0.3, 0.4) is 0 Å². The monoisotopic (exact) mass is 200 g/mol. The summed E-state index contributed by atoms with van der Waals surface area (Å²) in [4.78, 5) is 14.8. The van der Waals surface area contributed by atoms with Gasteiger partial charge in [-0.3, -0.25) is 4.79 Å². The Balaban J connectivity index is 2.28. The van der Waals surface area contributed by atoms with Crippen LogP contribution in [0.4, 0.5) is 8.78 Å². The molecule has 0 radical (unpaired) electrons. The SMILES string of the molecule is O=C(c1cn2c(n1)CCCC2)C(F)F. The second-order valence-corrected chi connectivity index (χ2v) is 3.36. The number of rotatable bonds is 2. The third-order valence-electron chi connectivity index (χ3n) is 2.36. The number of carbonyl (C=O) groups is 1. The standard InChI is InChI=1S/C9H10F2N2O/c10-9(11)8(14)6-5-13-4-2-1-3-7(13)12-6/h5,9H,1-4H2. The van der Waals surface area contributed by atoms with E-state index in [9.17, 15) is 13.6 Å². The Kier molecular flexibility index (Phi) is 2.31. The summed E-state index contributed by atoms with van der Waals surface area (Å²) in [6, 6.07) is 0. The molecule has 0 aromatic carbocycles. The third-order valence-corrected chi connectivity index (χ3v) is 2.36. The van der Waals surface area contributed by atoms with Gasteiger partial charge in [-0.1, -0.05) is 0 Å².